The number of carbonyl (C=O) groups excluding carboxylic acids is 2. The molecule has 0 spiro atoms. The van der Waals surface area contributed by atoms with E-state index in [0.717, 1.165) is 16.9 Å². The Morgan fingerprint density at radius 1 is 1.16 bits per heavy atom. The topological polar surface area (TPSA) is 49.4 Å². The number of benzene rings is 2. The van der Waals surface area contributed by atoms with Gasteiger partial charge in [0.1, 0.15) is 6.54 Å². The molecule has 0 atom stereocenters. The van der Waals surface area contributed by atoms with E-state index in [2.05, 4.69) is 26.1 Å². The van der Waals surface area contributed by atoms with Gasteiger partial charge in [0.2, 0.25) is 11.8 Å². The summed E-state index contributed by atoms with van der Waals surface area (Å²) in [4.78, 5) is 26.0. The molecule has 4 nitrogen and oxygen atoms in total. The zero-order valence-corrected chi connectivity index (χ0v) is 15.4. The van der Waals surface area contributed by atoms with E-state index in [1.807, 2.05) is 24.3 Å². The summed E-state index contributed by atoms with van der Waals surface area (Å²) < 4.78 is 0. The van der Waals surface area contributed by atoms with Gasteiger partial charge in [-0.1, -0.05) is 44.5 Å². The summed E-state index contributed by atoms with van der Waals surface area (Å²) in [6.07, 6.45) is 0.281. The van der Waals surface area contributed by atoms with E-state index in [4.69, 9.17) is 11.6 Å². The van der Waals surface area contributed by atoms with Gasteiger partial charge in [-0.15, -0.1) is 0 Å². The number of hydrogen-bond acceptors (Lipinski definition) is 2. The highest BCUT2D eigenvalue weighted by Crippen LogP contribution is 2.31. The molecule has 0 aromatic heterocycles. The first-order valence-corrected chi connectivity index (χ1v) is 8.61. The van der Waals surface area contributed by atoms with Gasteiger partial charge in [-0.25, -0.2) is 0 Å². The van der Waals surface area contributed by atoms with Crippen molar-refractivity contribution in [3.05, 3.63) is 58.6 Å². The van der Waals surface area contributed by atoms with Crippen LogP contribution >= 0.6 is 11.6 Å². The summed E-state index contributed by atoms with van der Waals surface area (Å²) >= 11 is 5.97. The fourth-order valence-corrected chi connectivity index (χ4v) is 3.12. The van der Waals surface area contributed by atoms with E-state index in [9.17, 15) is 9.59 Å². The second-order valence-corrected chi connectivity index (χ2v) is 7.74. The van der Waals surface area contributed by atoms with Gasteiger partial charge in [-0.05, 0) is 46.9 Å². The van der Waals surface area contributed by atoms with E-state index in [1.165, 1.54) is 10.5 Å². The Balaban J connectivity index is 1.68. The molecule has 3 rings (SSSR count). The molecule has 1 N–H and O–H groups in total. The molecule has 2 amide bonds. The molecule has 1 aliphatic heterocycles. The third-order valence-corrected chi connectivity index (χ3v) is 4.55. The number of carbonyl (C=O) groups is 2. The first kappa shape index (κ1) is 17.5. The zero-order chi connectivity index (χ0) is 18.2. The third-order valence-electron chi connectivity index (χ3n) is 4.31. The second-order valence-electron chi connectivity index (χ2n) is 7.31. The summed E-state index contributed by atoms with van der Waals surface area (Å²) in [5.41, 5.74) is 3.61. The highest BCUT2D eigenvalue weighted by Gasteiger charge is 2.28. The van der Waals surface area contributed by atoms with Gasteiger partial charge >= 0.3 is 0 Å². The molecule has 5 heteroatoms. The first-order valence-electron chi connectivity index (χ1n) is 8.23. The maximum Gasteiger partial charge on any atom is 0.244 e. The average Bonchev–Trinajstić information content (AvgIpc) is 2.82. The maximum absolute atomic E-state index is 12.3. The molecule has 2 aromatic rings. The number of hydrogen-bond donors (Lipinski definition) is 1. The average molecular weight is 357 g/mol. The van der Waals surface area contributed by atoms with Crippen molar-refractivity contribution in [2.75, 3.05) is 16.8 Å². The lowest BCUT2D eigenvalue weighted by molar-refractivity contribution is -0.120. The molecule has 0 fully saturated rings. The van der Waals surface area contributed by atoms with Crippen LogP contribution in [0.1, 0.15) is 31.9 Å². The largest absolute Gasteiger partial charge is 0.325 e. The van der Waals surface area contributed by atoms with Crippen molar-refractivity contribution in [1.82, 2.24) is 0 Å². The molecule has 1 heterocycles. The predicted octanol–water partition coefficient (Wildman–Crippen LogP) is 4.17. The number of nitrogens with one attached hydrogen (secondary N) is 1. The smallest absolute Gasteiger partial charge is 0.244 e. The van der Waals surface area contributed by atoms with Crippen LogP contribution in [0.3, 0.4) is 0 Å². The molecule has 0 unspecified atom stereocenters. The van der Waals surface area contributed by atoms with Crippen molar-refractivity contribution in [2.24, 2.45) is 0 Å². The number of halogens is 1. The van der Waals surface area contributed by atoms with Crippen LogP contribution in [0.4, 0.5) is 11.4 Å². The van der Waals surface area contributed by atoms with Crippen LogP contribution in [0.25, 0.3) is 0 Å². The molecule has 0 saturated carbocycles. The second kappa shape index (κ2) is 6.52. The van der Waals surface area contributed by atoms with Gasteiger partial charge in [0.25, 0.3) is 0 Å². The van der Waals surface area contributed by atoms with E-state index in [1.54, 1.807) is 18.2 Å². The monoisotopic (exact) mass is 356 g/mol. The van der Waals surface area contributed by atoms with Gasteiger partial charge < -0.3 is 10.2 Å². The molecule has 0 aliphatic carbocycles. The summed E-state index contributed by atoms with van der Waals surface area (Å²) in [5.74, 6) is -0.310. The molecule has 25 heavy (non-hydrogen) atoms. The minimum Gasteiger partial charge on any atom is -0.325 e. The van der Waals surface area contributed by atoms with Crippen molar-refractivity contribution in [3.63, 3.8) is 0 Å². The van der Waals surface area contributed by atoms with Crippen LogP contribution in [-0.2, 0) is 21.4 Å². The Labute approximate surface area is 152 Å². The summed E-state index contributed by atoms with van der Waals surface area (Å²) in [6, 6.07) is 13.1. The van der Waals surface area contributed by atoms with Gasteiger partial charge in [-0.2, -0.15) is 0 Å². The Bertz CT molecular complexity index is 823. The van der Waals surface area contributed by atoms with Crippen LogP contribution in [-0.4, -0.2) is 18.4 Å². The molecule has 0 radical (unpaired) electrons. The fraction of sp³-hybridized carbons (Fsp3) is 0.300. The third kappa shape index (κ3) is 3.85. The van der Waals surface area contributed by atoms with Crippen LogP contribution in [0.2, 0.25) is 5.02 Å². The minimum atomic E-state index is -0.223. The quantitative estimate of drug-likeness (QED) is 0.897. The van der Waals surface area contributed by atoms with Gasteiger partial charge in [0.15, 0.2) is 0 Å². The molecular weight excluding hydrogens is 336 g/mol. The van der Waals surface area contributed by atoms with Gasteiger partial charge in [0, 0.05) is 16.4 Å². The van der Waals surface area contributed by atoms with Gasteiger partial charge in [0.05, 0.1) is 6.42 Å². The lowest BCUT2D eigenvalue weighted by atomic mass is 9.87. The van der Waals surface area contributed by atoms with Crippen molar-refractivity contribution < 1.29 is 9.59 Å². The van der Waals surface area contributed by atoms with Crippen LogP contribution in [0, 0.1) is 0 Å². The van der Waals surface area contributed by atoms with E-state index in [0.29, 0.717) is 5.02 Å². The number of amides is 2. The number of fused-ring (bicyclic) bond motifs is 1. The van der Waals surface area contributed by atoms with Crippen LogP contribution < -0.4 is 10.2 Å². The lowest BCUT2D eigenvalue weighted by Crippen LogP contribution is -2.35. The Morgan fingerprint density at radius 3 is 2.48 bits per heavy atom. The zero-order valence-electron chi connectivity index (χ0n) is 14.6. The number of nitrogens with zero attached hydrogens (tertiary/aromatic N) is 1. The van der Waals surface area contributed by atoms with Crippen LogP contribution in [0.5, 0.6) is 0 Å². The lowest BCUT2D eigenvalue weighted by Gasteiger charge is -2.20. The fourth-order valence-electron chi connectivity index (χ4n) is 2.92. The van der Waals surface area contributed by atoms with Crippen molar-refractivity contribution >= 4 is 34.8 Å². The first-order chi connectivity index (χ1) is 11.7. The van der Waals surface area contributed by atoms with Crippen molar-refractivity contribution in [1.29, 1.82) is 0 Å². The number of anilines is 2. The Hall–Kier alpha value is -2.33. The molecule has 130 valence electrons. The minimum absolute atomic E-state index is 0.00547. The highest BCUT2D eigenvalue weighted by atomic mass is 35.5. The molecule has 0 saturated heterocycles. The van der Waals surface area contributed by atoms with Crippen molar-refractivity contribution in [2.45, 2.75) is 32.6 Å². The van der Waals surface area contributed by atoms with E-state index in [-0.39, 0.29) is 30.2 Å². The Kier molecular flexibility index (Phi) is 4.56. The summed E-state index contributed by atoms with van der Waals surface area (Å²) in [5, 5.41) is 3.45. The van der Waals surface area contributed by atoms with E-state index >= 15 is 0 Å². The SMILES string of the molecule is CC(C)(C)c1ccc(NC(=O)CN2C(=O)Cc3cc(Cl)ccc32)cc1. The number of rotatable bonds is 3. The maximum atomic E-state index is 12.3. The molecule has 2 aromatic carbocycles. The molecule has 0 bridgehead atoms. The Morgan fingerprint density at radius 2 is 1.84 bits per heavy atom. The van der Waals surface area contributed by atoms with Crippen LogP contribution in [0.15, 0.2) is 42.5 Å². The standard InChI is InChI=1S/C20H21ClN2O2/c1-20(2,3)14-4-7-16(8-5-14)22-18(24)12-23-17-9-6-15(21)10-13(17)11-19(23)25/h4-10H,11-12H2,1-3H3,(H,22,24). The summed E-state index contributed by atoms with van der Waals surface area (Å²) in [7, 11) is 0. The molecular formula is C20H21ClN2O2. The summed E-state index contributed by atoms with van der Waals surface area (Å²) in [6.45, 7) is 6.42. The van der Waals surface area contributed by atoms with Gasteiger partial charge in [-0.3, -0.25) is 9.59 Å². The highest BCUT2D eigenvalue weighted by molar-refractivity contribution is 6.31. The molecule has 1 aliphatic rings. The van der Waals surface area contributed by atoms with Crippen molar-refractivity contribution in [3.8, 4) is 0 Å². The van der Waals surface area contributed by atoms with E-state index < -0.39 is 0 Å². The normalized spacial score (nSPS) is 13.8. The predicted molar refractivity (Wildman–Crippen MR) is 101 cm³/mol.